The number of guanidine groups is 1. The Balaban J connectivity index is 2.01. The SMILES string of the molecule is CN1C(=N)N[C@](C)(c2cc(-c3cccc(N)c3)cs2)C(CCO)C1=O. The molecule has 25 heavy (non-hydrogen) atoms. The maximum Gasteiger partial charge on any atom is 0.234 e. The molecule has 7 heteroatoms. The minimum Gasteiger partial charge on any atom is -0.399 e. The number of nitrogens with two attached hydrogens (primary N) is 1. The highest BCUT2D eigenvalue weighted by atomic mass is 32.1. The van der Waals surface area contributed by atoms with Crippen LogP contribution < -0.4 is 11.1 Å². The van der Waals surface area contributed by atoms with Crippen LogP contribution in [0.4, 0.5) is 5.69 Å². The van der Waals surface area contributed by atoms with Crippen LogP contribution in [-0.2, 0) is 10.3 Å². The number of nitrogens with zero attached hydrogens (tertiary/aromatic N) is 1. The second-order valence-corrected chi connectivity index (χ2v) is 7.37. The molecule has 0 saturated carbocycles. The van der Waals surface area contributed by atoms with E-state index in [4.69, 9.17) is 11.1 Å². The van der Waals surface area contributed by atoms with E-state index in [-0.39, 0.29) is 18.5 Å². The Morgan fingerprint density at radius 3 is 2.84 bits per heavy atom. The molecule has 3 rings (SSSR count). The van der Waals surface area contributed by atoms with Crippen molar-refractivity contribution in [3.63, 3.8) is 0 Å². The van der Waals surface area contributed by atoms with Crippen molar-refractivity contribution in [1.82, 2.24) is 10.2 Å². The van der Waals surface area contributed by atoms with E-state index in [1.54, 1.807) is 7.05 Å². The Morgan fingerprint density at radius 2 is 2.16 bits per heavy atom. The summed E-state index contributed by atoms with van der Waals surface area (Å²) in [5.41, 5.74) is 7.88. The van der Waals surface area contributed by atoms with Gasteiger partial charge in [-0.25, -0.2) is 0 Å². The van der Waals surface area contributed by atoms with Crippen LogP contribution in [0.15, 0.2) is 35.7 Å². The Bertz CT molecular complexity index is 819. The molecule has 1 saturated heterocycles. The highest BCUT2D eigenvalue weighted by Crippen LogP contribution is 2.40. The molecule has 2 heterocycles. The molecule has 0 radical (unpaired) electrons. The summed E-state index contributed by atoms with van der Waals surface area (Å²) < 4.78 is 0. The first-order valence-electron chi connectivity index (χ1n) is 8.07. The smallest absolute Gasteiger partial charge is 0.234 e. The van der Waals surface area contributed by atoms with Crippen molar-refractivity contribution in [3.8, 4) is 11.1 Å². The summed E-state index contributed by atoms with van der Waals surface area (Å²) >= 11 is 1.54. The van der Waals surface area contributed by atoms with Gasteiger partial charge < -0.3 is 16.2 Å². The zero-order chi connectivity index (χ0) is 18.2. The number of rotatable bonds is 4. The van der Waals surface area contributed by atoms with Gasteiger partial charge in [0.05, 0.1) is 11.5 Å². The maximum absolute atomic E-state index is 12.7. The van der Waals surface area contributed by atoms with Crippen LogP contribution in [0.3, 0.4) is 0 Å². The molecule has 2 atom stereocenters. The van der Waals surface area contributed by atoms with Crippen LogP contribution in [-0.4, -0.2) is 35.5 Å². The first kappa shape index (κ1) is 17.4. The number of carbonyl (C=O) groups is 1. The van der Waals surface area contributed by atoms with Crippen molar-refractivity contribution in [1.29, 1.82) is 5.41 Å². The molecule has 1 aromatic carbocycles. The number of aliphatic hydroxyl groups is 1. The highest BCUT2D eigenvalue weighted by Gasteiger charge is 2.47. The maximum atomic E-state index is 12.7. The van der Waals surface area contributed by atoms with Gasteiger partial charge >= 0.3 is 0 Å². The van der Waals surface area contributed by atoms with Gasteiger partial charge in [0.1, 0.15) is 0 Å². The highest BCUT2D eigenvalue weighted by molar-refractivity contribution is 7.10. The minimum absolute atomic E-state index is 0.0700. The number of carbonyl (C=O) groups excluding carboxylic acids is 1. The lowest BCUT2D eigenvalue weighted by molar-refractivity contribution is -0.136. The summed E-state index contributed by atoms with van der Waals surface area (Å²) in [6.07, 6.45) is 0.339. The largest absolute Gasteiger partial charge is 0.399 e. The molecule has 1 aliphatic heterocycles. The van der Waals surface area contributed by atoms with Gasteiger partial charge in [-0.1, -0.05) is 12.1 Å². The van der Waals surface area contributed by atoms with Crippen LogP contribution in [0.1, 0.15) is 18.2 Å². The molecule has 6 nitrogen and oxygen atoms in total. The van der Waals surface area contributed by atoms with E-state index in [1.165, 1.54) is 16.2 Å². The lowest BCUT2D eigenvalue weighted by atomic mass is 9.79. The van der Waals surface area contributed by atoms with Crippen molar-refractivity contribution in [2.45, 2.75) is 18.9 Å². The summed E-state index contributed by atoms with van der Waals surface area (Å²) in [6.45, 7) is 1.84. The standard InChI is InChI=1S/C18H22N4O2S/c1-18(14(6-7-23)16(24)22(2)17(20)21-18)15-9-12(10-25-15)11-4-3-5-13(19)8-11/h3-5,8-10,14,23H,6-7,19H2,1-2H3,(H2,20,21)/t14?,18-/m0/s1. The third-order valence-electron chi connectivity index (χ3n) is 4.79. The second-order valence-electron chi connectivity index (χ2n) is 6.46. The molecule has 1 aromatic heterocycles. The van der Waals surface area contributed by atoms with Gasteiger partial charge in [0.2, 0.25) is 5.91 Å². The van der Waals surface area contributed by atoms with E-state index in [9.17, 15) is 9.90 Å². The first-order chi connectivity index (χ1) is 11.9. The van der Waals surface area contributed by atoms with E-state index in [0.717, 1.165) is 16.0 Å². The molecule has 1 unspecified atom stereocenters. The molecule has 1 aliphatic rings. The average molecular weight is 358 g/mol. The molecule has 2 aromatic rings. The van der Waals surface area contributed by atoms with Crippen LogP contribution in [0.5, 0.6) is 0 Å². The van der Waals surface area contributed by atoms with E-state index < -0.39 is 11.5 Å². The number of hydrogen-bond donors (Lipinski definition) is 4. The van der Waals surface area contributed by atoms with Crippen LogP contribution >= 0.6 is 11.3 Å². The van der Waals surface area contributed by atoms with E-state index in [1.807, 2.05) is 42.6 Å². The predicted molar refractivity (Wildman–Crippen MR) is 100 cm³/mol. The Hall–Kier alpha value is -2.38. The lowest BCUT2D eigenvalue weighted by Crippen LogP contribution is -2.63. The summed E-state index contributed by atoms with van der Waals surface area (Å²) in [5, 5.41) is 22.7. The summed E-state index contributed by atoms with van der Waals surface area (Å²) in [7, 11) is 1.58. The summed E-state index contributed by atoms with van der Waals surface area (Å²) in [4.78, 5) is 14.9. The Morgan fingerprint density at radius 1 is 1.40 bits per heavy atom. The zero-order valence-corrected chi connectivity index (χ0v) is 15.1. The van der Waals surface area contributed by atoms with E-state index >= 15 is 0 Å². The molecular formula is C18H22N4O2S. The summed E-state index contributed by atoms with van der Waals surface area (Å²) in [5.74, 6) is -0.524. The average Bonchev–Trinajstić information content (AvgIpc) is 3.08. The van der Waals surface area contributed by atoms with Gasteiger partial charge in [-0.3, -0.25) is 15.1 Å². The fourth-order valence-corrected chi connectivity index (χ4v) is 4.35. The number of aliphatic hydroxyl groups excluding tert-OH is 1. The van der Waals surface area contributed by atoms with E-state index in [0.29, 0.717) is 12.1 Å². The fourth-order valence-electron chi connectivity index (χ4n) is 3.26. The molecule has 5 N–H and O–H groups in total. The van der Waals surface area contributed by atoms with Crippen LogP contribution in [0.2, 0.25) is 0 Å². The van der Waals surface area contributed by atoms with Crippen molar-refractivity contribution in [2.24, 2.45) is 5.92 Å². The molecule has 0 bridgehead atoms. The Kier molecular flexibility index (Phi) is 4.53. The van der Waals surface area contributed by atoms with Gasteiger partial charge in [0.25, 0.3) is 0 Å². The fraction of sp³-hybridized carbons (Fsp3) is 0.333. The van der Waals surface area contributed by atoms with Crippen LogP contribution in [0, 0.1) is 11.3 Å². The predicted octanol–water partition coefficient (Wildman–Crippen LogP) is 2.21. The van der Waals surface area contributed by atoms with Gasteiger partial charge in [0.15, 0.2) is 5.96 Å². The number of anilines is 1. The minimum atomic E-state index is -0.730. The molecule has 132 valence electrons. The van der Waals surface area contributed by atoms with Gasteiger partial charge in [-0.05, 0) is 48.1 Å². The number of benzene rings is 1. The van der Waals surface area contributed by atoms with Gasteiger partial charge in [-0.15, -0.1) is 11.3 Å². The Labute approximate surface area is 150 Å². The first-order valence-corrected chi connectivity index (χ1v) is 8.95. The normalized spacial score (nSPS) is 23.6. The van der Waals surface area contributed by atoms with Gasteiger partial charge in [-0.2, -0.15) is 0 Å². The van der Waals surface area contributed by atoms with Crippen LogP contribution in [0.25, 0.3) is 11.1 Å². The van der Waals surface area contributed by atoms with Crippen molar-refractivity contribution < 1.29 is 9.90 Å². The molecule has 0 spiro atoms. The number of hydrogen-bond acceptors (Lipinski definition) is 5. The van der Waals surface area contributed by atoms with E-state index in [2.05, 4.69) is 5.32 Å². The third kappa shape index (κ3) is 3.01. The lowest BCUT2D eigenvalue weighted by Gasteiger charge is -2.44. The topological polar surface area (TPSA) is 102 Å². The molecule has 0 aliphatic carbocycles. The number of nitrogen functional groups attached to an aromatic ring is 1. The number of nitrogens with one attached hydrogen (secondary N) is 2. The quantitative estimate of drug-likeness (QED) is 0.629. The van der Waals surface area contributed by atoms with Crippen molar-refractivity contribution in [2.75, 3.05) is 19.4 Å². The third-order valence-corrected chi connectivity index (χ3v) is 5.96. The molecule has 1 fully saturated rings. The number of amides is 1. The monoisotopic (exact) mass is 358 g/mol. The molecule has 1 amide bonds. The second kappa shape index (κ2) is 6.50. The van der Waals surface area contributed by atoms with Crippen molar-refractivity contribution in [3.05, 3.63) is 40.6 Å². The zero-order valence-electron chi connectivity index (χ0n) is 14.2. The number of thiophene rings is 1. The summed E-state index contributed by atoms with van der Waals surface area (Å²) in [6, 6.07) is 9.68. The molecular weight excluding hydrogens is 336 g/mol. The van der Waals surface area contributed by atoms with Gasteiger partial charge in [0, 0.05) is 24.2 Å². The van der Waals surface area contributed by atoms with Crippen molar-refractivity contribution >= 4 is 28.9 Å².